The molecule has 1 N–H and O–H groups in total. The van der Waals surface area contributed by atoms with Crippen LogP contribution in [0.25, 0.3) is 0 Å². The minimum atomic E-state index is 0. The molecule has 2 nitrogen and oxygen atoms in total. The van der Waals surface area contributed by atoms with E-state index >= 15 is 0 Å². The van der Waals surface area contributed by atoms with E-state index in [2.05, 4.69) is 0 Å². The third kappa shape index (κ3) is 10.7. The summed E-state index contributed by atoms with van der Waals surface area (Å²) < 4.78 is 8.26. The van der Waals surface area contributed by atoms with E-state index in [0.29, 0.717) is 19.8 Å². The van der Waals surface area contributed by atoms with Crippen LogP contribution in [0.3, 0.4) is 0 Å². The Balaban J connectivity index is -0.00000000500. The molecular formula is H2MgMoO2. The van der Waals surface area contributed by atoms with Crippen molar-refractivity contribution in [1.82, 2.24) is 0 Å². The summed E-state index contributed by atoms with van der Waals surface area (Å²) in [6, 6.07) is 0. The van der Waals surface area contributed by atoms with Crippen molar-refractivity contribution in [1.29, 1.82) is 0 Å². The van der Waals surface area contributed by atoms with Crippen LogP contribution in [0.2, 0.25) is 0 Å². The molecule has 0 atom stereocenters. The average Bonchev–Trinajstić information content (AvgIpc) is 1.00. The van der Waals surface area contributed by atoms with Gasteiger partial charge in [-0.3, -0.25) is 0 Å². The zero-order valence-electron chi connectivity index (χ0n) is 2.26. The summed E-state index contributed by atoms with van der Waals surface area (Å²) in [6.07, 6.45) is 0. The summed E-state index contributed by atoms with van der Waals surface area (Å²) in [4.78, 5) is 0. The molecule has 0 radical (unpaired) electrons. The van der Waals surface area contributed by atoms with E-state index in [-0.39, 0.29) is 28.5 Å². The molecule has 0 saturated carbocycles. The Hall–Kier alpha value is 1.21. The van der Waals surface area contributed by atoms with Crippen LogP contribution in [0.4, 0.5) is 0 Å². The van der Waals surface area contributed by atoms with Crippen LogP contribution in [0.1, 0.15) is 0 Å². The van der Waals surface area contributed by atoms with Crippen molar-refractivity contribution in [2.75, 3.05) is 0 Å². The van der Waals surface area contributed by atoms with E-state index < -0.39 is 0 Å². The molecule has 0 unspecified atom stereocenters. The first kappa shape index (κ1) is 18.9. The van der Waals surface area contributed by atoms with Crippen LogP contribution in [0.15, 0.2) is 0 Å². The maximum atomic E-state index is 8.26. The van der Waals surface area contributed by atoms with Crippen molar-refractivity contribution >= 4 is 23.1 Å². The van der Waals surface area contributed by atoms with Gasteiger partial charge < -0.3 is 5.48 Å². The summed E-state index contributed by atoms with van der Waals surface area (Å²) in [5.74, 6) is 0. The fourth-order valence-electron chi connectivity index (χ4n) is 0. The van der Waals surface area contributed by atoms with Crippen molar-refractivity contribution < 1.29 is 28.7 Å². The molecular weight excluding hydrogens is 152 g/mol. The third-order valence-corrected chi connectivity index (χ3v) is 0. The van der Waals surface area contributed by atoms with E-state index in [0.717, 1.165) is 0 Å². The molecule has 0 aliphatic rings. The summed E-state index contributed by atoms with van der Waals surface area (Å²) in [5, 5.41) is 0. The molecule has 4 heteroatoms. The van der Waals surface area contributed by atoms with E-state index in [4.69, 9.17) is 3.40 Å². The second kappa shape index (κ2) is 29.5. The molecule has 0 aliphatic carbocycles. The molecule has 0 fully saturated rings. The molecule has 22 valence electrons. The van der Waals surface area contributed by atoms with E-state index in [1.807, 2.05) is 0 Å². The van der Waals surface area contributed by atoms with E-state index in [9.17, 15) is 0 Å². The number of hydrogen-bond donors (Lipinski definition) is 0. The van der Waals surface area contributed by atoms with Crippen molar-refractivity contribution in [2.45, 2.75) is 0 Å². The second-order valence-corrected chi connectivity index (χ2v) is 0. The van der Waals surface area contributed by atoms with Gasteiger partial charge in [-0.15, -0.1) is 0 Å². The standard InChI is InChI=1S/Mg.Mo.H2O.O.H/h;;1H2;;/q+1;;;;/p-1. The van der Waals surface area contributed by atoms with Crippen LogP contribution in [0.5, 0.6) is 0 Å². The number of hydrogen-bond acceptors (Lipinski definition) is 2. The summed E-state index contributed by atoms with van der Waals surface area (Å²) in [7, 11) is 0. The van der Waals surface area contributed by atoms with Gasteiger partial charge in [-0.25, -0.2) is 0 Å². The second-order valence-electron chi connectivity index (χ2n) is 0. The predicted molar refractivity (Wildman–Crippen MR) is 9.77 cm³/mol. The summed E-state index contributed by atoms with van der Waals surface area (Å²) in [6.45, 7) is 0. The van der Waals surface area contributed by atoms with Gasteiger partial charge in [0.25, 0.3) is 0 Å². The Morgan fingerprint density at radius 3 is 1.25 bits per heavy atom. The van der Waals surface area contributed by atoms with Crippen molar-refractivity contribution in [3.63, 3.8) is 0 Å². The minimum absolute atomic E-state index is 0. The van der Waals surface area contributed by atoms with Gasteiger partial charge in [-0.1, -0.05) is 0 Å². The molecule has 0 bridgehead atoms. The summed E-state index contributed by atoms with van der Waals surface area (Å²) >= 11 is 0.700. The quantitative estimate of drug-likeness (QED) is 0.422. The van der Waals surface area contributed by atoms with Crippen LogP contribution >= 0.6 is 0 Å². The van der Waals surface area contributed by atoms with Crippen LogP contribution in [-0.2, 0) is 23.2 Å². The molecule has 0 aromatic carbocycles. The zero-order valence-corrected chi connectivity index (χ0v) is 6.27. The molecule has 0 amide bonds. The predicted octanol–water partition coefficient (Wildman–Crippen LogP) is -0.947. The van der Waals surface area contributed by atoms with Gasteiger partial charge in [0.05, 0.1) is 0 Å². The fraction of sp³-hybridized carbons (Fsp3) is 0. The Labute approximate surface area is 51.6 Å². The number of rotatable bonds is 0. The third-order valence-electron chi connectivity index (χ3n) is 0. The maximum absolute atomic E-state index is 8.26. The Bertz CT molecular complexity index is 6.00. The normalized spacial score (nSPS) is 1.00. The molecule has 4 heavy (non-hydrogen) atoms. The molecule has 0 aromatic heterocycles. The van der Waals surface area contributed by atoms with E-state index in [1.165, 1.54) is 0 Å². The first-order valence-corrected chi connectivity index (χ1v) is 0.986. The Morgan fingerprint density at radius 2 is 1.25 bits per heavy atom. The molecule has 0 aliphatic heterocycles. The van der Waals surface area contributed by atoms with Crippen molar-refractivity contribution in [2.24, 2.45) is 0 Å². The fourth-order valence-corrected chi connectivity index (χ4v) is 0. The van der Waals surface area contributed by atoms with E-state index in [1.54, 1.807) is 0 Å². The summed E-state index contributed by atoms with van der Waals surface area (Å²) in [5.41, 5.74) is 0. The SMILES string of the molecule is [MgH+].[OH-].[O]=[Mo]. The topological polar surface area (TPSA) is 47.1 Å². The molecule has 0 spiro atoms. The molecule has 0 heterocycles. The van der Waals surface area contributed by atoms with Crippen LogP contribution in [0, 0.1) is 0 Å². The molecule has 0 aromatic rings. The zero-order chi connectivity index (χ0) is 2.00. The van der Waals surface area contributed by atoms with Gasteiger partial charge in [-0.05, 0) is 0 Å². The van der Waals surface area contributed by atoms with Crippen molar-refractivity contribution in [3.05, 3.63) is 0 Å². The molecule has 0 saturated heterocycles. The monoisotopic (exact) mass is 156 g/mol. The van der Waals surface area contributed by atoms with Gasteiger partial charge in [-0.2, -0.15) is 0 Å². The first-order valence-electron chi connectivity index (χ1n) is 0.167. The van der Waals surface area contributed by atoms with Crippen molar-refractivity contribution in [3.8, 4) is 0 Å². The van der Waals surface area contributed by atoms with Gasteiger partial charge >= 0.3 is 46.2 Å². The molecule has 0 rings (SSSR count). The van der Waals surface area contributed by atoms with Gasteiger partial charge in [0.2, 0.25) is 0 Å². The Morgan fingerprint density at radius 1 is 1.25 bits per heavy atom. The van der Waals surface area contributed by atoms with Crippen LogP contribution < -0.4 is 0 Å². The Kier molecular flexibility index (Phi) is 139. The average molecular weight is 154 g/mol. The van der Waals surface area contributed by atoms with Crippen LogP contribution in [-0.4, -0.2) is 28.5 Å². The van der Waals surface area contributed by atoms with Gasteiger partial charge in [0, 0.05) is 0 Å². The van der Waals surface area contributed by atoms with Gasteiger partial charge in [0.15, 0.2) is 0 Å². The van der Waals surface area contributed by atoms with Gasteiger partial charge in [0.1, 0.15) is 0 Å². The first-order chi connectivity index (χ1) is 1.00.